The number of pyridine rings is 1. The minimum absolute atomic E-state index is 0.0856. The van der Waals surface area contributed by atoms with Crippen molar-refractivity contribution in [2.45, 2.75) is 17.1 Å². The Morgan fingerprint density at radius 3 is 2.55 bits per heavy atom. The van der Waals surface area contributed by atoms with E-state index >= 15 is 0 Å². The van der Waals surface area contributed by atoms with E-state index in [0.29, 0.717) is 5.69 Å². The molecule has 104 valence electrons. The number of rotatable bonds is 4. The van der Waals surface area contributed by atoms with E-state index in [1.807, 2.05) is 37.3 Å². The Kier molecular flexibility index (Phi) is 4.63. The van der Waals surface area contributed by atoms with Crippen molar-refractivity contribution < 1.29 is 4.79 Å². The number of thioether (sulfide) groups is 1. The number of hydrogen-bond acceptors (Lipinski definition) is 3. The van der Waals surface area contributed by atoms with Crippen LogP contribution in [0, 0.1) is 0 Å². The normalized spacial score (nSPS) is 11.9. The van der Waals surface area contributed by atoms with Gasteiger partial charge in [-0.15, -0.1) is 11.8 Å². The largest absolute Gasteiger partial charge is 0.324 e. The molecule has 1 amide bonds. The van der Waals surface area contributed by atoms with Crippen LogP contribution in [0.4, 0.5) is 5.69 Å². The Morgan fingerprint density at radius 2 is 1.90 bits per heavy atom. The number of benzene rings is 1. The standard InChI is InChI=1S/C15H16N2O2S/c1-11(20-13-6-4-3-5-7-13)15(19)16-12-8-9-14(18)17(2)10-12/h3-11H,1-2H3,(H,16,19). The molecule has 20 heavy (non-hydrogen) atoms. The van der Waals surface area contributed by atoms with Crippen LogP contribution in [-0.2, 0) is 11.8 Å². The van der Waals surface area contributed by atoms with Crippen LogP contribution < -0.4 is 10.9 Å². The Bertz CT molecular complexity index is 652. The lowest BCUT2D eigenvalue weighted by molar-refractivity contribution is -0.115. The summed E-state index contributed by atoms with van der Waals surface area (Å²) in [5.74, 6) is -0.0856. The highest BCUT2D eigenvalue weighted by Crippen LogP contribution is 2.23. The van der Waals surface area contributed by atoms with Gasteiger partial charge in [-0.2, -0.15) is 0 Å². The van der Waals surface area contributed by atoms with Crippen molar-refractivity contribution in [3.05, 3.63) is 59.0 Å². The quantitative estimate of drug-likeness (QED) is 0.879. The highest BCUT2D eigenvalue weighted by molar-refractivity contribution is 8.00. The van der Waals surface area contributed by atoms with E-state index < -0.39 is 0 Å². The van der Waals surface area contributed by atoms with Crippen LogP contribution in [0.15, 0.2) is 58.4 Å². The van der Waals surface area contributed by atoms with Gasteiger partial charge in [-0.05, 0) is 25.1 Å². The molecular formula is C15H16N2O2S. The number of anilines is 1. The van der Waals surface area contributed by atoms with Gasteiger partial charge < -0.3 is 9.88 Å². The Morgan fingerprint density at radius 1 is 1.20 bits per heavy atom. The van der Waals surface area contributed by atoms with E-state index in [2.05, 4.69) is 5.32 Å². The van der Waals surface area contributed by atoms with Gasteiger partial charge in [-0.25, -0.2) is 0 Å². The molecule has 0 spiro atoms. The molecule has 5 heteroatoms. The molecule has 1 aromatic heterocycles. The van der Waals surface area contributed by atoms with Crippen LogP contribution in [0.2, 0.25) is 0 Å². The van der Waals surface area contributed by atoms with Gasteiger partial charge in [0.2, 0.25) is 11.5 Å². The van der Waals surface area contributed by atoms with E-state index in [9.17, 15) is 9.59 Å². The molecule has 0 saturated carbocycles. The van der Waals surface area contributed by atoms with Crippen LogP contribution in [0.25, 0.3) is 0 Å². The van der Waals surface area contributed by atoms with Gasteiger partial charge in [0.25, 0.3) is 0 Å². The SMILES string of the molecule is CC(Sc1ccccc1)C(=O)Nc1ccc(=O)n(C)c1. The number of aryl methyl sites for hydroxylation is 1. The second kappa shape index (κ2) is 6.43. The summed E-state index contributed by atoms with van der Waals surface area (Å²) < 4.78 is 1.44. The van der Waals surface area contributed by atoms with Gasteiger partial charge in [0, 0.05) is 24.2 Å². The fraction of sp³-hybridized carbons (Fsp3) is 0.200. The molecule has 0 saturated heterocycles. The Balaban J connectivity index is 2.00. The smallest absolute Gasteiger partial charge is 0.250 e. The summed E-state index contributed by atoms with van der Waals surface area (Å²) in [6.45, 7) is 1.86. The first-order valence-corrected chi connectivity index (χ1v) is 7.13. The second-order valence-corrected chi connectivity index (χ2v) is 5.84. The summed E-state index contributed by atoms with van der Waals surface area (Å²) in [7, 11) is 1.65. The first-order chi connectivity index (χ1) is 9.56. The van der Waals surface area contributed by atoms with E-state index in [1.165, 1.54) is 22.4 Å². The molecule has 0 aliphatic heterocycles. The Hall–Kier alpha value is -2.01. The van der Waals surface area contributed by atoms with Crippen LogP contribution in [0.5, 0.6) is 0 Å². The lowest BCUT2D eigenvalue weighted by Crippen LogP contribution is -2.24. The van der Waals surface area contributed by atoms with Crippen molar-refractivity contribution >= 4 is 23.4 Å². The molecule has 1 heterocycles. The second-order valence-electron chi connectivity index (χ2n) is 4.43. The molecule has 0 aliphatic carbocycles. The highest BCUT2D eigenvalue weighted by atomic mass is 32.2. The van der Waals surface area contributed by atoms with Gasteiger partial charge >= 0.3 is 0 Å². The maximum absolute atomic E-state index is 12.1. The first-order valence-electron chi connectivity index (χ1n) is 6.25. The van der Waals surface area contributed by atoms with Gasteiger partial charge in [0.15, 0.2) is 0 Å². The minimum atomic E-state index is -0.213. The maximum Gasteiger partial charge on any atom is 0.250 e. The fourth-order valence-electron chi connectivity index (χ4n) is 1.67. The van der Waals surface area contributed by atoms with Crippen molar-refractivity contribution in [1.82, 2.24) is 4.57 Å². The molecule has 1 N–H and O–H groups in total. The summed E-state index contributed by atoms with van der Waals surface area (Å²) >= 11 is 1.50. The third kappa shape index (κ3) is 3.74. The number of nitrogens with one attached hydrogen (secondary N) is 1. The van der Waals surface area contributed by atoms with Gasteiger partial charge in [-0.1, -0.05) is 18.2 Å². The molecule has 0 radical (unpaired) electrons. The molecular weight excluding hydrogens is 272 g/mol. The minimum Gasteiger partial charge on any atom is -0.324 e. The van der Waals surface area contributed by atoms with E-state index in [-0.39, 0.29) is 16.7 Å². The molecule has 2 aromatic rings. The molecule has 2 rings (SSSR count). The first kappa shape index (κ1) is 14.4. The Labute approximate surface area is 121 Å². The monoisotopic (exact) mass is 288 g/mol. The summed E-state index contributed by atoms with van der Waals surface area (Å²) in [6.07, 6.45) is 1.61. The van der Waals surface area contributed by atoms with Crippen molar-refractivity contribution in [3.8, 4) is 0 Å². The third-order valence-corrected chi connectivity index (χ3v) is 3.89. The average molecular weight is 288 g/mol. The van der Waals surface area contributed by atoms with Gasteiger partial charge in [-0.3, -0.25) is 9.59 Å². The van der Waals surface area contributed by atoms with Gasteiger partial charge in [0.1, 0.15) is 0 Å². The lowest BCUT2D eigenvalue weighted by Gasteiger charge is -2.12. The van der Waals surface area contributed by atoms with Crippen molar-refractivity contribution in [1.29, 1.82) is 0 Å². The third-order valence-electron chi connectivity index (χ3n) is 2.78. The number of hydrogen-bond donors (Lipinski definition) is 1. The predicted molar refractivity (Wildman–Crippen MR) is 82.1 cm³/mol. The highest BCUT2D eigenvalue weighted by Gasteiger charge is 2.14. The molecule has 1 aromatic carbocycles. The zero-order chi connectivity index (χ0) is 14.5. The average Bonchev–Trinajstić information content (AvgIpc) is 2.44. The molecule has 1 unspecified atom stereocenters. The number of carbonyl (C=O) groups excluding carboxylic acids is 1. The summed E-state index contributed by atoms with van der Waals surface area (Å²) in [4.78, 5) is 24.4. The fourth-order valence-corrected chi connectivity index (χ4v) is 2.56. The van der Waals surface area contributed by atoms with Crippen LogP contribution in [0.3, 0.4) is 0 Å². The number of aromatic nitrogens is 1. The van der Waals surface area contributed by atoms with Crippen LogP contribution >= 0.6 is 11.8 Å². The molecule has 4 nitrogen and oxygen atoms in total. The molecule has 1 atom stereocenters. The van der Waals surface area contributed by atoms with Gasteiger partial charge in [0.05, 0.1) is 10.9 Å². The van der Waals surface area contributed by atoms with E-state index in [4.69, 9.17) is 0 Å². The molecule has 0 bridgehead atoms. The van der Waals surface area contributed by atoms with Crippen molar-refractivity contribution in [2.75, 3.05) is 5.32 Å². The number of carbonyl (C=O) groups is 1. The lowest BCUT2D eigenvalue weighted by atomic mass is 10.3. The van der Waals surface area contributed by atoms with Crippen molar-refractivity contribution in [3.63, 3.8) is 0 Å². The molecule has 0 aliphatic rings. The summed E-state index contributed by atoms with van der Waals surface area (Å²) in [6, 6.07) is 12.8. The number of nitrogens with zero attached hydrogens (tertiary/aromatic N) is 1. The van der Waals surface area contributed by atoms with Crippen molar-refractivity contribution in [2.24, 2.45) is 7.05 Å². The van der Waals surface area contributed by atoms with E-state index in [0.717, 1.165) is 4.90 Å². The zero-order valence-electron chi connectivity index (χ0n) is 11.4. The zero-order valence-corrected chi connectivity index (χ0v) is 12.2. The summed E-state index contributed by atoms with van der Waals surface area (Å²) in [5.41, 5.74) is 0.521. The number of amides is 1. The topological polar surface area (TPSA) is 51.1 Å². The predicted octanol–water partition coefficient (Wildman–Crippen LogP) is 2.50. The maximum atomic E-state index is 12.1. The summed E-state index contributed by atoms with van der Waals surface area (Å²) in [5, 5.41) is 2.60. The van der Waals surface area contributed by atoms with Crippen LogP contribution in [-0.4, -0.2) is 15.7 Å². The molecule has 0 fully saturated rings. The van der Waals surface area contributed by atoms with E-state index in [1.54, 1.807) is 19.3 Å². The van der Waals surface area contributed by atoms with Crippen LogP contribution in [0.1, 0.15) is 6.92 Å².